The van der Waals surface area contributed by atoms with Gasteiger partial charge in [-0.15, -0.1) is 0 Å². The summed E-state index contributed by atoms with van der Waals surface area (Å²) in [5.74, 6) is 1.00. The van der Waals surface area contributed by atoms with E-state index >= 15 is 0 Å². The summed E-state index contributed by atoms with van der Waals surface area (Å²) in [6.45, 7) is 0.585. The van der Waals surface area contributed by atoms with Crippen LogP contribution >= 0.6 is 11.6 Å². The van der Waals surface area contributed by atoms with E-state index in [1.807, 2.05) is 18.2 Å². The van der Waals surface area contributed by atoms with E-state index in [2.05, 4.69) is 5.32 Å². The van der Waals surface area contributed by atoms with Crippen molar-refractivity contribution in [2.24, 2.45) is 0 Å². The number of hydrogen-bond acceptors (Lipinski definition) is 3. The second kappa shape index (κ2) is 5.65. The highest BCUT2D eigenvalue weighted by Gasteiger charge is 2.02. The minimum atomic E-state index is 0.256. The van der Waals surface area contributed by atoms with E-state index in [9.17, 15) is 5.11 Å². The monoisotopic (exact) mass is 263 g/mol. The van der Waals surface area contributed by atoms with Crippen molar-refractivity contribution in [3.63, 3.8) is 0 Å². The predicted molar refractivity (Wildman–Crippen MR) is 73.4 cm³/mol. The summed E-state index contributed by atoms with van der Waals surface area (Å²) < 4.78 is 5.14. The molecule has 0 atom stereocenters. The second-order valence-electron chi connectivity index (χ2n) is 3.87. The van der Waals surface area contributed by atoms with Crippen molar-refractivity contribution in [1.29, 1.82) is 0 Å². The first-order valence-electron chi connectivity index (χ1n) is 5.54. The first-order valence-corrected chi connectivity index (χ1v) is 5.92. The smallest absolute Gasteiger partial charge is 0.121 e. The van der Waals surface area contributed by atoms with Gasteiger partial charge in [-0.25, -0.2) is 0 Å². The molecule has 3 nitrogen and oxygen atoms in total. The minimum Gasteiger partial charge on any atom is -0.508 e. The van der Waals surface area contributed by atoms with E-state index in [4.69, 9.17) is 16.3 Å². The average molecular weight is 264 g/mol. The summed E-state index contributed by atoms with van der Waals surface area (Å²) >= 11 is 6.08. The second-order valence-corrected chi connectivity index (χ2v) is 4.28. The van der Waals surface area contributed by atoms with Gasteiger partial charge in [-0.3, -0.25) is 0 Å². The Bertz CT molecular complexity index is 543. The Hall–Kier alpha value is -1.87. The molecule has 2 rings (SSSR count). The molecule has 4 heteroatoms. The van der Waals surface area contributed by atoms with Gasteiger partial charge < -0.3 is 15.2 Å². The third kappa shape index (κ3) is 3.08. The molecule has 2 aromatic carbocycles. The van der Waals surface area contributed by atoms with E-state index in [1.165, 1.54) is 0 Å². The van der Waals surface area contributed by atoms with Crippen LogP contribution in [0.2, 0.25) is 5.02 Å². The lowest BCUT2D eigenvalue weighted by molar-refractivity contribution is 0.415. The van der Waals surface area contributed by atoms with Crippen LogP contribution in [0.5, 0.6) is 11.5 Å². The molecule has 0 fully saturated rings. The molecule has 0 saturated carbocycles. The van der Waals surface area contributed by atoms with Gasteiger partial charge in [-0.1, -0.05) is 23.7 Å². The minimum absolute atomic E-state index is 0.256. The van der Waals surface area contributed by atoms with E-state index in [0.29, 0.717) is 11.6 Å². The highest BCUT2D eigenvalue weighted by atomic mass is 35.5. The molecular weight excluding hydrogens is 250 g/mol. The molecule has 0 radical (unpaired) electrons. The number of halogens is 1. The van der Waals surface area contributed by atoms with Gasteiger partial charge in [0.2, 0.25) is 0 Å². The van der Waals surface area contributed by atoms with Gasteiger partial charge in [0.25, 0.3) is 0 Å². The summed E-state index contributed by atoms with van der Waals surface area (Å²) in [7, 11) is 1.61. The first-order chi connectivity index (χ1) is 8.69. The molecular formula is C14H14ClNO2. The van der Waals surface area contributed by atoms with Crippen molar-refractivity contribution >= 4 is 17.3 Å². The van der Waals surface area contributed by atoms with E-state index in [1.54, 1.807) is 31.4 Å². The molecule has 0 bridgehead atoms. The van der Waals surface area contributed by atoms with Crippen molar-refractivity contribution < 1.29 is 9.84 Å². The molecule has 0 aromatic heterocycles. The number of anilines is 1. The molecule has 2 aromatic rings. The summed E-state index contributed by atoms with van der Waals surface area (Å²) in [4.78, 5) is 0. The number of phenolic OH excluding ortho intramolecular Hbond substituents is 1. The lowest BCUT2D eigenvalue weighted by Crippen LogP contribution is -2.00. The van der Waals surface area contributed by atoms with Crippen LogP contribution in [0.4, 0.5) is 5.69 Å². The van der Waals surface area contributed by atoms with Crippen molar-refractivity contribution in [3.8, 4) is 11.5 Å². The van der Waals surface area contributed by atoms with Crippen LogP contribution in [0.15, 0.2) is 42.5 Å². The fraction of sp³-hybridized carbons (Fsp3) is 0.143. The van der Waals surface area contributed by atoms with E-state index in [0.717, 1.165) is 17.0 Å². The van der Waals surface area contributed by atoms with Crippen LogP contribution in [0.3, 0.4) is 0 Å². The zero-order valence-corrected chi connectivity index (χ0v) is 10.7. The molecule has 0 heterocycles. The SMILES string of the molecule is COc1ccc(Cl)c(NCc2cccc(O)c2)c1. The largest absolute Gasteiger partial charge is 0.508 e. The molecule has 2 N–H and O–H groups in total. The number of methoxy groups -OCH3 is 1. The van der Waals surface area contributed by atoms with Gasteiger partial charge in [-0.2, -0.15) is 0 Å². The lowest BCUT2D eigenvalue weighted by atomic mass is 10.2. The van der Waals surface area contributed by atoms with Crippen molar-refractivity contribution in [2.75, 3.05) is 12.4 Å². The number of rotatable bonds is 4. The van der Waals surface area contributed by atoms with Crippen LogP contribution in [-0.2, 0) is 6.54 Å². The summed E-state index contributed by atoms with van der Waals surface area (Å²) in [5, 5.41) is 13.2. The van der Waals surface area contributed by atoms with Crippen LogP contribution in [0.25, 0.3) is 0 Å². The van der Waals surface area contributed by atoms with Crippen LogP contribution in [0, 0.1) is 0 Å². The fourth-order valence-corrected chi connectivity index (χ4v) is 1.81. The highest BCUT2D eigenvalue weighted by molar-refractivity contribution is 6.33. The van der Waals surface area contributed by atoms with Gasteiger partial charge >= 0.3 is 0 Å². The van der Waals surface area contributed by atoms with E-state index < -0.39 is 0 Å². The first kappa shape index (κ1) is 12.6. The maximum Gasteiger partial charge on any atom is 0.121 e. The molecule has 0 aliphatic heterocycles. The maximum absolute atomic E-state index is 9.37. The van der Waals surface area contributed by atoms with Gasteiger partial charge in [0.15, 0.2) is 0 Å². The number of ether oxygens (including phenoxy) is 1. The molecule has 0 spiro atoms. The molecule has 0 saturated heterocycles. The molecule has 0 amide bonds. The van der Waals surface area contributed by atoms with Crippen LogP contribution in [-0.4, -0.2) is 12.2 Å². The average Bonchev–Trinajstić information content (AvgIpc) is 2.38. The topological polar surface area (TPSA) is 41.5 Å². The molecule has 0 unspecified atom stereocenters. The highest BCUT2D eigenvalue weighted by Crippen LogP contribution is 2.27. The number of phenols is 1. The summed E-state index contributed by atoms with van der Waals surface area (Å²) in [6, 6.07) is 12.5. The third-order valence-corrected chi connectivity index (χ3v) is 2.90. The Kier molecular flexibility index (Phi) is 3.95. The summed E-state index contributed by atoms with van der Waals surface area (Å²) in [5.41, 5.74) is 1.79. The zero-order chi connectivity index (χ0) is 13.0. The Morgan fingerprint density at radius 2 is 2.06 bits per heavy atom. The van der Waals surface area contributed by atoms with Crippen LogP contribution < -0.4 is 10.1 Å². The van der Waals surface area contributed by atoms with Crippen LogP contribution in [0.1, 0.15) is 5.56 Å². The Morgan fingerprint density at radius 1 is 1.22 bits per heavy atom. The van der Waals surface area contributed by atoms with Crippen molar-refractivity contribution in [1.82, 2.24) is 0 Å². The predicted octanol–water partition coefficient (Wildman–Crippen LogP) is 3.67. The zero-order valence-electron chi connectivity index (χ0n) is 9.98. The molecule has 94 valence electrons. The number of nitrogens with one attached hydrogen (secondary N) is 1. The van der Waals surface area contributed by atoms with Gasteiger partial charge in [0.1, 0.15) is 11.5 Å². The van der Waals surface area contributed by atoms with Gasteiger partial charge in [-0.05, 0) is 29.8 Å². The Labute approximate surface area is 111 Å². The fourth-order valence-electron chi connectivity index (χ4n) is 1.63. The van der Waals surface area contributed by atoms with Gasteiger partial charge in [0, 0.05) is 12.6 Å². The quantitative estimate of drug-likeness (QED) is 0.884. The van der Waals surface area contributed by atoms with E-state index in [-0.39, 0.29) is 5.75 Å². The molecule has 18 heavy (non-hydrogen) atoms. The Balaban J connectivity index is 2.10. The maximum atomic E-state index is 9.37. The third-order valence-electron chi connectivity index (χ3n) is 2.57. The lowest BCUT2D eigenvalue weighted by Gasteiger charge is -2.10. The summed E-state index contributed by atoms with van der Waals surface area (Å²) in [6.07, 6.45) is 0. The molecule has 0 aliphatic rings. The normalized spacial score (nSPS) is 10.1. The Morgan fingerprint density at radius 3 is 2.78 bits per heavy atom. The van der Waals surface area contributed by atoms with Gasteiger partial charge in [0.05, 0.1) is 17.8 Å². The standard InChI is InChI=1S/C14H14ClNO2/c1-18-12-5-6-13(15)14(8-12)16-9-10-3-2-4-11(17)7-10/h2-8,16-17H,9H2,1H3. The molecule has 0 aliphatic carbocycles. The number of hydrogen-bond donors (Lipinski definition) is 2. The number of benzene rings is 2. The van der Waals surface area contributed by atoms with Crippen molar-refractivity contribution in [2.45, 2.75) is 6.54 Å². The number of aromatic hydroxyl groups is 1. The van der Waals surface area contributed by atoms with Crippen molar-refractivity contribution in [3.05, 3.63) is 53.1 Å².